The van der Waals surface area contributed by atoms with Crippen molar-refractivity contribution >= 4 is 45.3 Å². The summed E-state index contributed by atoms with van der Waals surface area (Å²) < 4.78 is 0. The van der Waals surface area contributed by atoms with E-state index in [-0.39, 0.29) is 24.8 Å². The van der Waals surface area contributed by atoms with E-state index in [1.165, 1.54) is 11.3 Å². The highest BCUT2D eigenvalue weighted by molar-refractivity contribution is 7.17. The summed E-state index contributed by atoms with van der Waals surface area (Å²) in [6.07, 6.45) is 0. The standard InChI is InChI=1S/C24H21ClN2O2S/c1-14-7-9-17(10-8-14)23-22-15(2)16(3)30-24(22)27(21(29)12-26-23)13-20(28)18-5-4-6-19(25)11-18/h4-11H,12-13H2,1-3H3. The monoisotopic (exact) mass is 436 g/mol. The smallest absolute Gasteiger partial charge is 0.249 e. The van der Waals surface area contributed by atoms with E-state index in [0.29, 0.717) is 10.6 Å². The number of aliphatic imine (C=N–C) groups is 1. The molecule has 0 aliphatic carbocycles. The first-order chi connectivity index (χ1) is 14.3. The van der Waals surface area contributed by atoms with E-state index >= 15 is 0 Å². The summed E-state index contributed by atoms with van der Waals surface area (Å²) in [6, 6.07) is 15.0. The van der Waals surface area contributed by atoms with Crippen molar-refractivity contribution in [1.82, 2.24) is 0 Å². The van der Waals surface area contributed by atoms with Crippen molar-refractivity contribution in [1.29, 1.82) is 0 Å². The van der Waals surface area contributed by atoms with E-state index in [1.54, 1.807) is 29.2 Å². The van der Waals surface area contributed by atoms with Gasteiger partial charge in [-0.1, -0.05) is 53.6 Å². The van der Waals surface area contributed by atoms with Crippen LogP contribution in [0.3, 0.4) is 0 Å². The molecule has 1 aliphatic rings. The topological polar surface area (TPSA) is 49.7 Å². The summed E-state index contributed by atoms with van der Waals surface area (Å²) >= 11 is 7.57. The molecule has 0 spiro atoms. The number of carbonyl (C=O) groups is 2. The van der Waals surface area contributed by atoms with Gasteiger partial charge in [0, 0.05) is 26.6 Å². The zero-order valence-electron chi connectivity index (χ0n) is 17.0. The van der Waals surface area contributed by atoms with Crippen LogP contribution >= 0.6 is 22.9 Å². The number of ketones is 1. The summed E-state index contributed by atoms with van der Waals surface area (Å²) in [4.78, 5) is 33.3. The third-order valence-corrected chi connectivity index (χ3v) is 6.76. The fourth-order valence-electron chi connectivity index (χ4n) is 3.51. The number of halogens is 1. The second-order valence-corrected chi connectivity index (χ2v) is 9.05. The van der Waals surface area contributed by atoms with Crippen LogP contribution in [0.2, 0.25) is 5.02 Å². The first-order valence-corrected chi connectivity index (χ1v) is 10.9. The quantitative estimate of drug-likeness (QED) is 0.514. The number of hydrogen-bond donors (Lipinski definition) is 0. The van der Waals surface area contributed by atoms with Crippen LogP contribution in [-0.4, -0.2) is 30.5 Å². The highest BCUT2D eigenvalue weighted by Gasteiger charge is 2.31. The molecule has 2 aromatic carbocycles. The number of fused-ring (bicyclic) bond motifs is 1. The Balaban J connectivity index is 1.77. The van der Waals surface area contributed by atoms with Gasteiger partial charge in [-0.15, -0.1) is 11.3 Å². The summed E-state index contributed by atoms with van der Waals surface area (Å²) in [5.74, 6) is -0.339. The number of benzene rings is 2. The second kappa shape index (κ2) is 8.17. The molecular weight excluding hydrogens is 416 g/mol. The Labute approximate surface area is 184 Å². The number of anilines is 1. The van der Waals surface area contributed by atoms with Gasteiger partial charge in [0.05, 0.1) is 12.3 Å². The van der Waals surface area contributed by atoms with Crippen LogP contribution in [0.5, 0.6) is 0 Å². The number of carbonyl (C=O) groups excluding carboxylic acids is 2. The van der Waals surface area contributed by atoms with Crippen LogP contribution in [0.25, 0.3) is 0 Å². The average Bonchev–Trinajstić information content (AvgIpc) is 2.94. The van der Waals surface area contributed by atoms with E-state index in [1.807, 2.05) is 45.0 Å². The molecule has 30 heavy (non-hydrogen) atoms. The Morgan fingerprint density at radius 1 is 1.13 bits per heavy atom. The molecule has 1 aromatic heterocycles. The third-order valence-electron chi connectivity index (χ3n) is 5.30. The summed E-state index contributed by atoms with van der Waals surface area (Å²) in [5, 5.41) is 1.28. The van der Waals surface area contributed by atoms with Crippen molar-refractivity contribution in [2.24, 2.45) is 4.99 Å². The second-order valence-electron chi connectivity index (χ2n) is 7.41. The lowest BCUT2D eigenvalue weighted by Crippen LogP contribution is -2.36. The Morgan fingerprint density at radius 3 is 2.57 bits per heavy atom. The van der Waals surface area contributed by atoms with Crippen molar-refractivity contribution in [3.8, 4) is 0 Å². The molecule has 2 heterocycles. The fourth-order valence-corrected chi connectivity index (χ4v) is 4.87. The van der Waals surface area contributed by atoms with Crippen LogP contribution in [0.1, 0.15) is 37.5 Å². The summed E-state index contributed by atoms with van der Waals surface area (Å²) in [7, 11) is 0. The van der Waals surface area contributed by atoms with Crippen LogP contribution in [0.15, 0.2) is 53.5 Å². The molecule has 3 aromatic rings. The zero-order valence-corrected chi connectivity index (χ0v) is 18.6. The number of rotatable bonds is 4. The number of hydrogen-bond acceptors (Lipinski definition) is 4. The van der Waals surface area contributed by atoms with Gasteiger partial charge in [-0.2, -0.15) is 0 Å². The summed E-state index contributed by atoms with van der Waals surface area (Å²) in [5.41, 5.74) is 5.45. The maximum Gasteiger partial charge on any atom is 0.249 e. The molecule has 0 N–H and O–H groups in total. The van der Waals surface area contributed by atoms with Gasteiger partial charge in [0.25, 0.3) is 0 Å². The van der Waals surface area contributed by atoms with Gasteiger partial charge in [-0.3, -0.25) is 19.5 Å². The molecule has 152 valence electrons. The maximum absolute atomic E-state index is 13.0. The molecule has 1 aliphatic heterocycles. The molecule has 0 saturated heterocycles. The van der Waals surface area contributed by atoms with Crippen LogP contribution < -0.4 is 4.90 Å². The predicted molar refractivity (Wildman–Crippen MR) is 124 cm³/mol. The molecule has 0 radical (unpaired) electrons. The Kier molecular flexibility index (Phi) is 5.58. The SMILES string of the molecule is Cc1ccc(C2=NCC(=O)N(CC(=O)c3cccc(Cl)c3)c3sc(C)c(C)c32)cc1. The minimum Gasteiger partial charge on any atom is -0.294 e. The number of nitrogens with zero attached hydrogens (tertiary/aromatic N) is 2. The highest BCUT2D eigenvalue weighted by atomic mass is 35.5. The molecule has 4 rings (SSSR count). The van der Waals surface area contributed by atoms with E-state index in [4.69, 9.17) is 11.6 Å². The summed E-state index contributed by atoms with van der Waals surface area (Å²) in [6.45, 7) is 6.08. The van der Waals surface area contributed by atoms with Crippen molar-refractivity contribution < 1.29 is 9.59 Å². The molecule has 0 atom stereocenters. The van der Waals surface area contributed by atoms with Gasteiger partial charge in [0.2, 0.25) is 5.91 Å². The van der Waals surface area contributed by atoms with E-state index in [9.17, 15) is 9.59 Å². The Morgan fingerprint density at radius 2 is 1.87 bits per heavy atom. The molecule has 0 saturated carbocycles. The van der Waals surface area contributed by atoms with Gasteiger partial charge in [0.15, 0.2) is 5.78 Å². The van der Waals surface area contributed by atoms with Gasteiger partial charge in [0.1, 0.15) is 11.5 Å². The van der Waals surface area contributed by atoms with Crippen LogP contribution in [0, 0.1) is 20.8 Å². The molecule has 4 nitrogen and oxygen atoms in total. The minimum atomic E-state index is -0.185. The zero-order chi connectivity index (χ0) is 21.4. The van der Waals surface area contributed by atoms with E-state index < -0.39 is 0 Å². The first kappa shape index (κ1) is 20.5. The van der Waals surface area contributed by atoms with Gasteiger partial charge >= 0.3 is 0 Å². The number of amides is 1. The number of thiophene rings is 1. The van der Waals surface area contributed by atoms with E-state index in [2.05, 4.69) is 4.99 Å². The Hall–Kier alpha value is -2.76. The number of Topliss-reactive ketones (excluding diaryl/α,β-unsaturated/α-hetero) is 1. The molecular formula is C24H21ClN2O2S. The first-order valence-electron chi connectivity index (χ1n) is 9.66. The van der Waals surface area contributed by atoms with Crippen molar-refractivity contribution in [2.75, 3.05) is 18.0 Å². The molecule has 6 heteroatoms. The Bertz CT molecular complexity index is 1180. The lowest BCUT2D eigenvalue weighted by molar-refractivity contribution is -0.117. The highest BCUT2D eigenvalue weighted by Crippen LogP contribution is 2.38. The molecule has 0 bridgehead atoms. The van der Waals surface area contributed by atoms with Crippen molar-refractivity contribution in [3.05, 3.63) is 86.2 Å². The molecule has 0 fully saturated rings. The third kappa shape index (κ3) is 3.83. The van der Waals surface area contributed by atoms with Gasteiger partial charge < -0.3 is 0 Å². The lowest BCUT2D eigenvalue weighted by Gasteiger charge is -2.20. The van der Waals surface area contributed by atoms with Crippen molar-refractivity contribution in [3.63, 3.8) is 0 Å². The number of aryl methyl sites for hydroxylation is 2. The largest absolute Gasteiger partial charge is 0.294 e. The van der Waals surface area contributed by atoms with Gasteiger partial charge in [-0.25, -0.2) is 0 Å². The van der Waals surface area contributed by atoms with Gasteiger partial charge in [-0.05, 0) is 38.5 Å². The van der Waals surface area contributed by atoms with Crippen molar-refractivity contribution in [2.45, 2.75) is 20.8 Å². The van der Waals surface area contributed by atoms with Crippen LogP contribution in [0.4, 0.5) is 5.00 Å². The minimum absolute atomic E-state index is 0.00588. The lowest BCUT2D eigenvalue weighted by atomic mass is 9.99. The maximum atomic E-state index is 13.0. The molecule has 0 unspecified atom stereocenters. The fraction of sp³-hybridized carbons (Fsp3) is 0.208. The van der Waals surface area contributed by atoms with E-state index in [0.717, 1.165) is 37.8 Å². The average molecular weight is 437 g/mol. The molecule has 1 amide bonds. The predicted octanol–water partition coefficient (Wildman–Crippen LogP) is 5.39. The van der Waals surface area contributed by atoms with Crippen LogP contribution in [-0.2, 0) is 4.79 Å². The normalized spacial score (nSPS) is 13.7.